The van der Waals surface area contributed by atoms with Crippen LogP contribution in [-0.2, 0) is 22.7 Å². The minimum Gasteiger partial charge on any atom is -0.391 e. The van der Waals surface area contributed by atoms with E-state index >= 15 is 17.6 Å². The summed E-state index contributed by atoms with van der Waals surface area (Å²) in [6.45, 7) is 21.2. The number of hydrogen-bond donors (Lipinski definition) is 4. The number of aliphatic hydroxyl groups is 4. The Bertz CT molecular complexity index is 6410. The highest BCUT2D eigenvalue weighted by atomic mass is 35.5. The van der Waals surface area contributed by atoms with Gasteiger partial charge in [0.2, 0.25) is 0 Å². The van der Waals surface area contributed by atoms with Crippen LogP contribution in [0.4, 0.5) is 63.8 Å². The third-order valence-corrected chi connectivity index (χ3v) is 32.1. The molecule has 6 aromatic carbocycles. The van der Waals surface area contributed by atoms with Gasteiger partial charge in [-0.25, -0.2) is 67.4 Å². The van der Waals surface area contributed by atoms with Crippen molar-refractivity contribution in [3.05, 3.63) is 224 Å². The van der Waals surface area contributed by atoms with Crippen molar-refractivity contribution in [3.8, 4) is 0 Å². The van der Waals surface area contributed by atoms with Crippen LogP contribution < -0.4 is 39.2 Å². The average Bonchev–Trinajstić information content (AvgIpc) is 1.20. The monoisotopic (exact) mass is 1880 g/mol. The first-order valence-corrected chi connectivity index (χ1v) is 50.7. The number of rotatable bonds is 16. The van der Waals surface area contributed by atoms with Crippen molar-refractivity contribution < 1.29 is 38.0 Å². The summed E-state index contributed by atoms with van der Waals surface area (Å²) in [6.07, 6.45) is 19.1. The van der Waals surface area contributed by atoms with E-state index in [9.17, 15) is 20.4 Å². The number of nitrogens with zero attached hydrogens (tertiary/aromatic N) is 18. The van der Waals surface area contributed by atoms with Gasteiger partial charge in [-0.15, -0.1) is 0 Å². The highest BCUT2D eigenvalue weighted by molar-refractivity contribution is 6.36. The van der Waals surface area contributed by atoms with Crippen molar-refractivity contribution >= 4 is 113 Å². The predicted molar refractivity (Wildman–Crippen MR) is 534 cm³/mol. The molecule has 12 aromatic rings. The van der Waals surface area contributed by atoms with Gasteiger partial charge in [0.1, 0.15) is 34.9 Å². The highest BCUT2D eigenvalue weighted by Crippen LogP contribution is 2.54. The van der Waals surface area contributed by atoms with Gasteiger partial charge in [0, 0.05) is 138 Å². The first kappa shape index (κ1) is 91.9. The summed E-state index contributed by atoms with van der Waals surface area (Å²) in [5.41, 5.74) is 9.99. The second kappa shape index (κ2) is 38.0. The molecular weight excluding hydrogens is 1760 g/mol. The number of pyridine rings is 2. The Morgan fingerprint density at radius 2 is 0.551 bits per heavy atom. The molecule has 136 heavy (non-hydrogen) atoms. The predicted octanol–water partition coefficient (Wildman–Crippen LogP) is 20.3. The van der Waals surface area contributed by atoms with E-state index < -0.39 is 22.7 Å². The van der Waals surface area contributed by atoms with Crippen LogP contribution in [0.15, 0.2) is 146 Å². The van der Waals surface area contributed by atoms with Crippen LogP contribution in [0.2, 0.25) is 10.0 Å². The molecule has 0 spiro atoms. The average molecular weight is 1890 g/mol. The molecule has 22 nitrogen and oxygen atoms in total. The molecule has 4 saturated carbocycles. The second-order valence-electron chi connectivity index (χ2n) is 40.8. The van der Waals surface area contributed by atoms with Crippen molar-refractivity contribution in [1.82, 2.24) is 49.8 Å². The van der Waals surface area contributed by atoms with Crippen molar-refractivity contribution in [2.24, 2.45) is 0 Å². The van der Waals surface area contributed by atoms with Crippen molar-refractivity contribution in [2.75, 3.05) is 144 Å². The maximum Gasteiger partial charge on any atom is 0.170 e. The minimum absolute atomic E-state index is 0.266. The van der Waals surface area contributed by atoms with Gasteiger partial charge in [0.05, 0.1) is 68.9 Å². The van der Waals surface area contributed by atoms with Crippen LogP contribution in [-0.4, -0.2) is 199 Å². The maximum absolute atomic E-state index is 15.5. The number of anilines is 8. The number of aliphatic hydroxyl groups excluding tert-OH is 4. The number of aromatic nitrogens is 10. The zero-order valence-corrected chi connectivity index (χ0v) is 80.0. The lowest BCUT2D eigenvalue weighted by atomic mass is 9.81. The molecule has 12 aliphatic rings. The van der Waals surface area contributed by atoms with Crippen molar-refractivity contribution in [2.45, 2.75) is 240 Å². The minimum atomic E-state index is -1.45. The van der Waals surface area contributed by atoms with Crippen molar-refractivity contribution in [1.29, 1.82) is 0 Å². The maximum atomic E-state index is 15.5. The number of benzene rings is 6. The van der Waals surface area contributed by atoms with E-state index in [-0.39, 0.29) is 36.1 Å². The molecule has 28 heteroatoms. The van der Waals surface area contributed by atoms with Crippen LogP contribution in [0.1, 0.15) is 233 Å². The summed E-state index contributed by atoms with van der Waals surface area (Å²) < 4.78 is 61.0. The normalized spacial score (nSPS) is 22.7. The zero-order chi connectivity index (χ0) is 93.5. The summed E-state index contributed by atoms with van der Waals surface area (Å²) in [4.78, 5) is 64.8. The van der Waals surface area contributed by atoms with Gasteiger partial charge >= 0.3 is 0 Å². The lowest BCUT2D eigenvalue weighted by Gasteiger charge is -2.36. The first-order chi connectivity index (χ1) is 65.8. The van der Waals surface area contributed by atoms with E-state index in [0.29, 0.717) is 145 Å². The van der Waals surface area contributed by atoms with Crippen LogP contribution in [0, 0.1) is 27.7 Å². The molecule has 6 aromatic heterocycles. The molecule has 12 fully saturated rings. The summed E-state index contributed by atoms with van der Waals surface area (Å²) in [5, 5.41) is 44.6. The number of aryl methyl sites for hydroxylation is 4. The Morgan fingerprint density at radius 3 is 0.809 bits per heavy atom. The van der Waals surface area contributed by atoms with Crippen LogP contribution >= 0.6 is 23.2 Å². The molecule has 8 saturated heterocycles. The largest absolute Gasteiger partial charge is 0.391 e. The summed E-state index contributed by atoms with van der Waals surface area (Å²) in [7, 11) is 0. The zero-order valence-electron chi connectivity index (χ0n) is 78.5. The number of β-amino-alcohol motifs (C(OH)–C–C–N with tert-alkyl or cyclic N) is 4. The van der Waals surface area contributed by atoms with Gasteiger partial charge < -0.3 is 59.6 Å². The number of alkyl halides is 4. The molecule has 712 valence electrons. The Balaban J connectivity index is 0.000000108. The van der Waals surface area contributed by atoms with E-state index in [4.69, 9.17) is 43.1 Å². The van der Waals surface area contributed by atoms with E-state index in [1.165, 1.54) is 44.5 Å². The smallest absolute Gasteiger partial charge is 0.170 e. The fourth-order valence-corrected chi connectivity index (χ4v) is 23.0. The molecular formula is C108H124Cl2F4N18O4. The Kier molecular flexibility index (Phi) is 25.7. The SMILES string of the molecule is Cc1ccccc1C1CCN(c2nc(C3(F)CC3)nc3c(Cl)cc(N4CC[C@@H](O)C4)cc23)CC1.Cc1ccccc1C1CCN(c2nc(C3(F)CC3)nc3cnc(N4CC[C@@H](O)C4)cc23)CC1.Cc1ccccc1C1CCN(c2nc(C3(F)CCC3)nc3c(Cl)cc(N4CC[C@@H](O)C4)cc23)CC1.Cc1ccccc1C1CCN(c2nc(C3(F)CCC3)nc3cnc(N4CC[C@@H](O)C4)cc23)CC1. The number of hydrogen-bond acceptors (Lipinski definition) is 22. The van der Waals surface area contributed by atoms with Gasteiger partial charge in [-0.1, -0.05) is 120 Å². The standard InChI is InChI=1S/C28H32ClFN4O.C27H30ClFN4O.C27H32FN5O.C26H30FN5O/c1-18-5-2-3-6-22(18)19-7-12-33(13-8-19)26-23-15-20(34-14-9-21(35)17-34)16-24(29)25(23)31-27(32-26)28(30)10-4-11-28;1-17-4-2-3-5-21(17)18-6-11-32(12-7-18)25-22-14-19(33-13-8-20(34)16-33)15-23(28)24(22)30-26(31-25)27(29)9-10-27;1-18-5-2-3-6-21(18)19-7-12-32(13-8-19)25-22-15-24(33-14-9-20(34)17-33)29-16-23(22)30-26(31-25)27(28)10-4-11-27;1-17-4-2-3-5-20(17)18-6-11-31(12-7-18)24-21-14-23(32-13-8-19(33)16-32)28-15-22(21)29-25(30-24)26(27)9-10-26/h2-3,5-6,15-16,19,21,35H,4,7-14,17H2,1H3;2-5,14-15,18,20,34H,6-13,16H2,1H3;2-3,5-6,15-16,19-20,34H,4,7-14,17H2,1H3;2-5,14-15,18-19,33H,6-13,16H2,1H3/t21-;2*20-;19-/m1111/s1. The number of halogens is 6. The Labute approximate surface area is 803 Å². The second-order valence-corrected chi connectivity index (χ2v) is 41.7. The third kappa shape index (κ3) is 18.9. The summed E-state index contributed by atoms with van der Waals surface area (Å²) >= 11 is 13.5. The molecule has 8 aliphatic heterocycles. The molecule has 24 rings (SSSR count). The van der Waals surface area contributed by atoms with Crippen LogP contribution in [0.25, 0.3) is 43.6 Å². The quantitative estimate of drug-likeness (QED) is 0.0658. The topological polar surface area (TPSA) is 236 Å². The molecule has 0 amide bonds. The van der Waals surface area contributed by atoms with Crippen LogP contribution in [0.5, 0.6) is 0 Å². The molecule has 4 atom stereocenters. The fraction of sp³-hybridized carbons (Fsp3) is 0.500. The van der Waals surface area contributed by atoms with Gasteiger partial charge in [0.15, 0.2) is 46.0 Å². The summed E-state index contributed by atoms with van der Waals surface area (Å²) in [5.74, 6) is 8.16. The summed E-state index contributed by atoms with van der Waals surface area (Å²) in [6, 6.07) is 46.6. The van der Waals surface area contributed by atoms with Gasteiger partial charge in [-0.2, -0.15) is 0 Å². The van der Waals surface area contributed by atoms with Crippen molar-refractivity contribution in [3.63, 3.8) is 0 Å². The molecule has 0 bridgehead atoms. The molecule has 0 unspecified atom stereocenters. The molecule has 14 heterocycles. The van der Waals surface area contributed by atoms with E-state index in [0.717, 1.165) is 236 Å². The molecule has 4 N–H and O–H groups in total. The van der Waals surface area contributed by atoms with Crippen LogP contribution in [0.3, 0.4) is 0 Å². The third-order valence-electron chi connectivity index (χ3n) is 31.5. The molecule has 4 aliphatic carbocycles. The van der Waals surface area contributed by atoms with E-state index in [1.54, 1.807) is 12.4 Å². The molecule has 0 radical (unpaired) electrons. The first-order valence-electron chi connectivity index (χ1n) is 49.9. The van der Waals surface area contributed by atoms with E-state index in [2.05, 4.69) is 206 Å². The highest BCUT2D eigenvalue weighted by Gasteiger charge is 2.51. The Morgan fingerprint density at radius 1 is 0.294 bits per heavy atom. The van der Waals surface area contributed by atoms with Gasteiger partial charge in [0.25, 0.3) is 0 Å². The Hall–Kier alpha value is -10.5. The number of fused-ring (bicyclic) bond motifs is 4. The van der Waals surface area contributed by atoms with E-state index in [1.807, 2.05) is 24.3 Å². The van der Waals surface area contributed by atoms with Gasteiger partial charge in [-0.05, 0) is 274 Å². The lowest BCUT2D eigenvalue weighted by molar-refractivity contribution is 0.0510. The lowest BCUT2D eigenvalue weighted by Crippen LogP contribution is -2.36. The van der Waals surface area contributed by atoms with Gasteiger partial charge in [-0.3, -0.25) is 0 Å². The fourth-order valence-electron chi connectivity index (χ4n) is 22.5. The number of piperidine rings is 4.